The molecule has 1 aliphatic heterocycles. The van der Waals surface area contributed by atoms with Crippen molar-refractivity contribution in [3.63, 3.8) is 0 Å². The molecule has 8 heteroatoms. The second-order valence-corrected chi connectivity index (χ2v) is 12.6. The first-order chi connectivity index (χ1) is 20.6. The lowest BCUT2D eigenvalue weighted by Gasteiger charge is -2.34. The normalized spacial score (nSPS) is 17.8. The summed E-state index contributed by atoms with van der Waals surface area (Å²) in [6.45, 7) is 12.1. The summed E-state index contributed by atoms with van der Waals surface area (Å²) in [5.74, 6) is 0.761. The highest BCUT2D eigenvalue weighted by molar-refractivity contribution is 5.90. The van der Waals surface area contributed by atoms with Gasteiger partial charge in [0.25, 0.3) is 0 Å². The maximum absolute atomic E-state index is 13.8. The van der Waals surface area contributed by atoms with Crippen LogP contribution in [0.2, 0.25) is 0 Å². The van der Waals surface area contributed by atoms with E-state index in [1.807, 2.05) is 66.5 Å². The van der Waals surface area contributed by atoms with Gasteiger partial charge in [0, 0.05) is 25.6 Å². The number of hydrogen-bond donors (Lipinski definition) is 3. The Kier molecular flexibility index (Phi) is 14.5. The van der Waals surface area contributed by atoms with Gasteiger partial charge >= 0.3 is 0 Å². The molecule has 0 aromatic heterocycles. The molecular formula is C35H54N4O4. The number of rotatable bonds is 17. The summed E-state index contributed by atoms with van der Waals surface area (Å²) >= 11 is 0. The number of nitrogens with one attached hydrogen (secondary N) is 2. The highest BCUT2D eigenvalue weighted by Crippen LogP contribution is 2.18. The first-order valence-corrected chi connectivity index (χ1v) is 16.1. The SMILES string of the molecule is CCCN1CCCC(NC(=O)C(Cc2ccc(OCc3ccccc3)cc2)NC(=O)[C@H](CC(C)C)N(C)CC[C@@H](C)O)C1. The van der Waals surface area contributed by atoms with E-state index in [0.29, 0.717) is 38.3 Å². The van der Waals surface area contributed by atoms with E-state index in [9.17, 15) is 14.7 Å². The van der Waals surface area contributed by atoms with Crippen LogP contribution in [0.15, 0.2) is 54.6 Å². The molecule has 2 aromatic carbocycles. The van der Waals surface area contributed by atoms with Crippen molar-refractivity contribution in [2.24, 2.45) is 5.92 Å². The molecule has 0 bridgehead atoms. The predicted octanol–water partition coefficient (Wildman–Crippen LogP) is 4.40. The van der Waals surface area contributed by atoms with E-state index >= 15 is 0 Å². The quantitative estimate of drug-likeness (QED) is 0.251. The van der Waals surface area contributed by atoms with E-state index in [2.05, 4.69) is 36.3 Å². The highest BCUT2D eigenvalue weighted by atomic mass is 16.5. The monoisotopic (exact) mass is 594 g/mol. The molecule has 0 radical (unpaired) electrons. The zero-order chi connectivity index (χ0) is 31.2. The van der Waals surface area contributed by atoms with Gasteiger partial charge in [-0.2, -0.15) is 0 Å². The Bertz CT molecular complexity index is 1090. The second-order valence-electron chi connectivity index (χ2n) is 12.6. The van der Waals surface area contributed by atoms with Gasteiger partial charge < -0.3 is 25.4 Å². The van der Waals surface area contributed by atoms with Crippen molar-refractivity contribution in [1.82, 2.24) is 20.4 Å². The van der Waals surface area contributed by atoms with E-state index in [-0.39, 0.29) is 17.9 Å². The number of aliphatic hydroxyl groups is 1. The van der Waals surface area contributed by atoms with E-state index < -0.39 is 18.2 Å². The van der Waals surface area contributed by atoms with Crippen molar-refractivity contribution in [1.29, 1.82) is 0 Å². The van der Waals surface area contributed by atoms with Gasteiger partial charge in [-0.3, -0.25) is 14.5 Å². The Labute approximate surface area is 259 Å². The number of nitrogens with zero attached hydrogens (tertiary/aromatic N) is 2. The van der Waals surface area contributed by atoms with Gasteiger partial charge in [0.2, 0.25) is 11.8 Å². The number of carbonyl (C=O) groups is 2. The molecule has 0 spiro atoms. The Morgan fingerprint density at radius 3 is 2.42 bits per heavy atom. The number of likely N-dealkylation sites (tertiary alicyclic amines) is 1. The first kappa shape index (κ1) is 34.5. The minimum Gasteiger partial charge on any atom is -0.489 e. The Balaban J connectivity index is 1.73. The summed E-state index contributed by atoms with van der Waals surface area (Å²) in [6, 6.07) is 16.8. The summed E-state index contributed by atoms with van der Waals surface area (Å²) in [7, 11) is 1.92. The standard InChI is InChI=1S/C35H54N4O4/c1-6-19-39-20-10-13-30(24-39)36-34(41)32(37-35(42)33(22-26(2)3)38(5)21-18-27(4)40)23-28-14-16-31(17-15-28)43-25-29-11-8-7-9-12-29/h7-9,11-12,14-17,26-27,30,32-33,40H,6,10,13,18-25H2,1-5H3,(H,36,41)(H,37,42)/t27-,30?,32?,33+/m1/s1. The van der Waals surface area contributed by atoms with Gasteiger partial charge in [0.1, 0.15) is 18.4 Å². The number of piperidine rings is 1. The van der Waals surface area contributed by atoms with Crippen LogP contribution in [0, 0.1) is 5.92 Å². The molecule has 2 unspecified atom stereocenters. The average molecular weight is 595 g/mol. The van der Waals surface area contributed by atoms with Crippen LogP contribution in [0.1, 0.15) is 70.9 Å². The van der Waals surface area contributed by atoms with Crippen LogP contribution in [-0.4, -0.2) is 84.2 Å². The van der Waals surface area contributed by atoms with Crippen LogP contribution >= 0.6 is 0 Å². The number of amides is 2. The maximum Gasteiger partial charge on any atom is 0.243 e. The maximum atomic E-state index is 13.8. The molecule has 43 heavy (non-hydrogen) atoms. The van der Waals surface area contributed by atoms with Gasteiger partial charge in [0.05, 0.1) is 12.1 Å². The zero-order valence-corrected chi connectivity index (χ0v) is 26.9. The average Bonchev–Trinajstić information content (AvgIpc) is 2.98. The molecule has 1 heterocycles. The smallest absolute Gasteiger partial charge is 0.243 e. The van der Waals surface area contributed by atoms with Crippen molar-refractivity contribution < 1.29 is 19.4 Å². The molecule has 0 aliphatic carbocycles. The lowest BCUT2D eigenvalue weighted by Crippen LogP contribution is -2.57. The van der Waals surface area contributed by atoms with Crippen LogP contribution in [0.4, 0.5) is 0 Å². The van der Waals surface area contributed by atoms with Crippen molar-refractivity contribution in [2.75, 3.05) is 33.2 Å². The number of ether oxygens (including phenoxy) is 1. The largest absolute Gasteiger partial charge is 0.489 e. The summed E-state index contributed by atoms with van der Waals surface area (Å²) < 4.78 is 5.95. The van der Waals surface area contributed by atoms with Gasteiger partial charge in [-0.05, 0) is 88.3 Å². The first-order valence-electron chi connectivity index (χ1n) is 16.1. The number of likely N-dealkylation sites (N-methyl/N-ethyl adjacent to an activating group) is 1. The number of carbonyl (C=O) groups excluding carboxylic acids is 2. The lowest BCUT2D eigenvalue weighted by atomic mass is 9.99. The molecule has 3 N–H and O–H groups in total. The molecule has 2 aromatic rings. The Hall–Kier alpha value is -2.94. The van der Waals surface area contributed by atoms with Crippen molar-refractivity contribution in [3.8, 4) is 5.75 Å². The van der Waals surface area contributed by atoms with E-state index in [1.54, 1.807) is 6.92 Å². The fraction of sp³-hybridized carbons (Fsp3) is 0.600. The van der Waals surface area contributed by atoms with Crippen LogP contribution in [0.5, 0.6) is 5.75 Å². The fourth-order valence-electron chi connectivity index (χ4n) is 5.65. The van der Waals surface area contributed by atoms with Gasteiger partial charge in [-0.15, -0.1) is 0 Å². The van der Waals surface area contributed by atoms with Crippen molar-refractivity contribution >= 4 is 11.8 Å². The molecule has 1 fully saturated rings. The minimum absolute atomic E-state index is 0.0705. The Morgan fingerprint density at radius 2 is 1.77 bits per heavy atom. The molecular weight excluding hydrogens is 540 g/mol. The van der Waals surface area contributed by atoms with Gasteiger partial charge in [-0.25, -0.2) is 0 Å². The minimum atomic E-state index is -0.704. The molecule has 1 saturated heterocycles. The van der Waals surface area contributed by atoms with Crippen LogP contribution in [-0.2, 0) is 22.6 Å². The van der Waals surface area contributed by atoms with E-state index in [0.717, 1.165) is 55.8 Å². The number of aliphatic hydroxyl groups excluding tert-OH is 1. The lowest BCUT2D eigenvalue weighted by molar-refractivity contribution is -0.132. The third kappa shape index (κ3) is 12.3. The summed E-state index contributed by atoms with van der Waals surface area (Å²) in [6.07, 6.45) is 4.27. The number of hydrogen-bond acceptors (Lipinski definition) is 6. The molecule has 8 nitrogen and oxygen atoms in total. The molecule has 238 valence electrons. The highest BCUT2D eigenvalue weighted by Gasteiger charge is 2.31. The van der Waals surface area contributed by atoms with Crippen LogP contribution in [0.25, 0.3) is 0 Å². The molecule has 3 rings (SSSR count). The summed E-state index contributed by atoms with van der Waals surface area (Å²) in [4.78, 5) is 31.9. The molecule has 0 saturated carbocycles. The third-order valence-electron chi connectivity index (χ3n) is 8.07. The number of benzene rings is 2. The zero-order valence-electron chi connectivity index (χ0n) is 26.9. The summed E-state index contributed by atoms with van der Waals surface area (Å²) in [5.41, 5.74) is 2.05. The molecule has 4 atom stereocenters. The van der Waals surface area contributed by atoms with E-state index in [1.165, 1.54) is 0 Å². The van der Waals surface area contributed by atoms with Crippen molar-refractivity contribution in [3.05, 3.63) is 65.7 Å². The predicted molar refractivity (Wildman–Crippen MR) is 173 cm³/mol. The van der Waals surface area contributed by atoms with Crippen molar-refractivity contribution in [2.45, 2.75) is 97.1 Å². The van der Waals surface area contributed by atoms with Gasteiger partial charge in [-0.1, -0.05) is 63.2 Å². The fourth-order valence-corrected chi connectivity index (χ4v) is 5.65. The third-order valence-corrected chi connectivity index (χ3v) is 8.07. The molecule has 1 aliphatic rings. The summed E-state index contributed by atoms with van der Waals surface area (Å²) in [5, 5.41) is 16.2. The van der Waals surface area contributed by atoms with Gasteiger partial charge in [0.15, 0.2) is 0 Å². The second kappa shape index (κ2) is 18.0. The topological polar surface area (TPSA) is 94.1 Å². The Morgan fingerprint density at radius 1 is 1.05 bits per heavy atom. The van der Waals surface area contributed by atoms with E-state index in [4.69, 9.17) is 4.74 Å². The molecule has 2 amide bonds. The van der Waals surface area contributed by atoms with Crippen LogP contribution in [0.3, 0.4) is 0 Å². The van der Waals surface area contributed by atoms with Crippen LogP contribution < -0.4 is 15.4 Å².